The highest BCUT2D eigenvalue weighted by Gasteiger charge is 2.36. The molecule has 0 bridgehead atoms. The van der Waals surface area contributed by atoms with Crippen molar-refractivity contribution >= 4 is 5.91 Å². The maximum atomic E-state index is 12.5. The highest BCUT2D eigenvalue weighted by Crippen LogP contribution is 2.37. The SMILES string of the molecule is Cc1cc(C(=O)N[C@@H](c2ccccn2)C2CC(O)C2)c(C)o1. The summed E-state index contributed by atoms with van der Waals surface area (Å²) in [6.07, 6.45) is 2.82. The van der Waals surface area contributed by atoms with Gasteiger partial charge >= 0.3 is 0 Å². The maximum absolute atomic E-state index is 12.5. The fourth-order valence-corrected chi connectivity index (χ4v) is 2.97. The first-order valence-electron chi connectivity index (χ1n) is 7.51. The molecular weight excluding hydrogens is 280 g/mol. The molecule has 0 aliphatic heterocycles. The first-order valence-corrected chi connectivity index (χ1v) is 7.51. The monoisotopic (exact) mass is 300 g/mol. The molecule has 1 saturated carbocycles. The van der Waals surface area contributed by atoms with Crippen LogP contribution < -0.4 is 5.32 Å². The predicted molar refractivity (Wildman–Crippen MR) is 81.4 cm³/mol. The summed E-state index contributed by atoms with van der Waals surface area (Å²) in [5.41, 5.74) is 1.38. The van der Waals surface area contributed by atoms with Crippen molar-refractivity contribution in [2.75, 3.05) is 0 Å². The molecule has 1 atom stereocenters. The van der Waals surface area contributed by atoms with Gasteiger partial charge < -0.3 is 14.8 Å². The Hall–Kier alpha value is -2.14. The van der Waals surface area contributed by atoms with Crippen LogP contribution in [0.5, 0.6) is 0 Å². The van der Waals surface area contributed by atoms with Gasteiger partial charge in [-0.15, -0.1) is 0 Å². The highest BCUT2D eigenvalue weighted by atomic mass is 16.3. The Labute approximate surface area is 129 Å². The van der Waals surface area contributed by atoms with Gasteiger partial charge in [-0.2, -0.15) is 0 Å². The zero-order chi connectivity index (χ0) is 15.7. The molecule has 0 saturated heterocycles. The molecule has 5 nitrogen and oxygen atoms in total. The average molecular weight is 300 g/mol. The molecule has 116 valence electrons. The number of furan rings is 1. The minimum atomic E-state index is -0.272. The van der Waals surface area contributed by atoms with Crippen molar-refractivity contribution in [2.24, 2.45) is 5.92 Å². The summed E-state index contributed by atoms with van der Waals surface area (Å²) in [5, 5.41) is 12.6. The average Bonchev–Trinajstić information content (AvgIpc) is 2.81. The number of nitrogens with zero attached hydrogens (tertiary/aromatic N) is 1. The Morgan fingerprint density at radius 2 is 2.18 bits per heavy atom. The number of rotatable bonds is 4. The van der Waals surface area contributed by atoms with Gasteiger partial charge in [0.25, 0.3) is 5.91 Å². The summed E-state index contributed by atoms with van der Waals surface area (Å²) >= 11 is 0. The molecule has 1 aliphatic rings. The van der Waals surface area contributed by atoms with Crippen molar-refractivity contribution in [1.29, 1.82) is 0 Å². The molecule has 0 aromatic carbocycles. The molecule has 2 aromatic rings. The Balaban J connectivity index is 1.81. The fraction of sp³-hybridized carbons (Fsp3) is 0.412. The van der Waals surface area contributed by atoms with Crippen LogP contribution in [0.25, 0.3) is 0 Å². The number of aliphatic hydroxyl groups is 1. The molecule has 1 amide bonds. The molecule has 2 aromatic heterocycles. The van der Waals surface area contributed by atoms with E-state index in [-0.39, 0.29) is 24.0 Å². The lowest BCUT2D eigenvalue weighted by Gasteiger charge is -2.37. The number of nitrogens with one attached hydrogen (secondary N) is 1. The molecule has 22 heavy (non-hydrogen) atoms. The van der Waals surface area contributed by atoms with Gasteiger partial charge in [0.05, 0.1) is 23.4 Å². The lowest BCUT2D eigenvalue weighted by Crippen LogP contribution is -2.41. The molecular formula is C17H20N2O3. The number of hydrogen-bond donors (Lipinski definition) is 2. The van der Waals surface area contributed by atoms with Crippen molar-refractivity contribution in [3.63, 3.8) is 0 Å². The van der Waals surface area contributed by atoms with Crippen molar-refractivity contribution in [3.8, 4) is 0 Å². The van der Waals surface area contributed by atoms with E-state index in [1.54, 1.807) is 19.2 Å². The molecule has 1 aliphatic carbocycles. The number of aryl methyl sites for hydroxylation is 2. The van der Waals surface area contributed by atoms with E-state index in [0.717, 1.165) is 11.5 Å². The van der Waals surface area contributed by atoms with Gasteiger partial charge in [-0.05, 0) is 50.8 Å². The highest BCUT2D eigenvalue weighted by molar-refractivity contribution is 5.95. The summed E-state index contributed by atoms with van der Waals surface area (Å²) in [7, 11) is 0. The second-order valence-electron chi connectivity index (χ2n) is 5.92. The van der Waals surface area contributed by atoms with Gasteiger partial charge in [0, 0.05) is 6.20 Å². The molecule has 0 spiro atoms. The van der Waals surface area contributed by atoms with Crippen LogP contribution in [0.1, 0.15) is 46.5 Å². The van der Waals surface area contributed by atoms with E-state index < -0.39 is 0 Å². The Bertz CT molecular complexity index is 660. The molecule has 2 heterocycles. The minimum Gasteiger partial charge on any atom is -0.466 e. The van der Waals surface area contributed by atoms with Crippen molar-refractivity contribution < 1.29 is 14.3 Å². The van der Waals surface area contributed by atoms with Crippen LogP contribution in [0.2, 0.25) is 0 Å². The Morgan fingerprint density at radius 3 is 2.73 bits per heavy atom. The lowest BCUT2D eigenvalue weighted by atomic mass is 9.76. The van der Waals surface area contributed by atoms with Crippen LogP contribution in [-0.4, -0.2) is 22.1 Å². The van der Waals surface area contributed by atoms with Gasteiger partial charge in [0.1, 0.15) is 11.5 Å². The molecule has 0 unspecified atom stereocenters. The van der Waals surface area contributed by atoms with Gasteiger partial charge in [0.2, 0.25) is 0 Å². The van der Waals surface area contributed by atoms with Crippen LogP contribution in [0.3, 0.4) is 0 Å². The van der Waals surface area contributed by atoms with Crippen LogP contribution in [0.15, 0.2) is 34.9 Å². The van der Waals surface area contributed by atoms with Crippen LogP contribution in [0.4, 0.5) is 0 Å². The van der Waals surface area contributed by atoms with E-state index >= 15 is 0 Å². The summed E-state index contributed by atoms with van der Waals surface area (Å²) < 4.78 is 5.42. The first-order chi connectivity index (χ1) is 10.5. The summed E-state index contributed by atoms with van der Waals surface area (Å²) in [5.74, 6) is 1.38. The molecule has 5 heteroatoms. The smallest absolute Gasteiger partial charge is 0.255 e. The van der Waals surface area contributed by atoms with Crippen LogP contribution >= 0.6 is 0 Å². The van der Waals surface area contributed by atoms with Crippen molar-refractivity contribution in [3.05, 3.63) is 53.2 Å². The summed E-state index contributed by atoms with van der Waals surface area (Å²) in [4.78, 5) is 16.9. The number of carbonyl (C=O) groups is 1. The van der Waals surface area contributed by atoms with Crippen molar-refractivity contribution in [1.82, 2.24) is 10.3 Å². The summed E-state index contributed by atoms with van der Waals surface area (Å²) in [6, 6.07) is 7.22. The predicted octanol–water partition coefficient (Wildman–Crippen LogP) is 2.53. The number of aromatic nitrogens is 1. The fourth-order valence-electron chi connectivity index (χ4n) is 2.97. The normalized spacial score (nSPS) is 22.0. The quantitative estimate of drug-likeness (QED) is 0.910. The van der Waals surface area contributed by atoms with E-state index in [4.69, 9.17) is 4.42 Å². The number of carbonyl (C=O) groups excluding carboxylic acids is 1. The number of aliphatic hydroxyl groups excluding tert-OH is 1. The zero-order valence-electron chi connectivity index (χ0n) is 12.7. The zero-order valence-corrected chi connectivity index (χ0v) is 12.7. The van der Waals surface area contributed by atoms with E-state index in [9.17, 15) is 9.90 Å². The third kappa shape index (κ3) is 2.90. The second-order valence-corrected chi connectivity index (χ2v) is 5.92. The topological polar surface area (TPSA) is 75.4 Å². The van der Waals surface area contributed by atoms with Gasteiger partial charge in [-0.25, -0.2) is 0 Å². The standard InChI is InChI=1S/C17H20N2O3/c1-10-7-14(11(2)22-10)17(21)19-16(12-8-13(20)9-12)15-5-3-4-6-18-15/h3-7,12-13,16,20H,8-9H2,1-2H3,(H,19,21)/t12?,13?,16-/m1/s1. The van der Waals surface area contributed by atoms with E-state index in [1.807, 2.05) is 25.1 Å². The molecule has 3 rings (SSSR count). The third-order valence-electron chi connectivity index (χ3n) is 4.20. The third-order valence-corrected chi connectivity index (χ3v) is 4.20. The Morgan fingerprint density at radius 1 is 1.41 bits per heavy atom. The first kappa shape index (κ1) is 14.8. The van der Waals surface area contributed by atoms with E-state index in [0.29, 0.717) is 24.2 Å². The summed E-state index contributed by atoms with van der Waals surface area (Å²) in [6.45, 7) is 3.60. The lowest BCUT2D eigenvalue weighted by molar-refractivity contribution is 0.0228. The second kappa shape index (κ2) is 5.93. The van der Waals surface area contributed by atoms with E-state index in [2.05, 4.69) is 10.3 Å². The van der Waals surface area contributed by atoms with Gasteiger partial charge in [-0.3, -0.25) is 9.78 Å². The number of amides is 1. The maximum Gasteiger partial charge on any atom is 0.255 e. The van der Waals surface area contributed by atoms with Crippen molar-refractivity contribution in [2.45, 2.75) is 38.8 Å². The largest absolute Gasteiger partial charge is 0.466 e. The van der Waals surface area contributed by atoms with Gasteiger partial charge in [-0.1, -0.05) is 6.07 Å². The molecule has 2 N–H and O–H groups in total. The minimum absolute atomic E-state index is 0.161. The molecule has 1 fully saturated rings. The van der Waals surface area contributed by atoms with Gasteiger partial charge in [0.15, 0.2) is 0 Å². The van der Waals surface area contributed by atoms with Crippen LogP contribution in [0, 0.1) is 19.8 Å². The molecule has 0 radical (unpaired) electrons. The van der Waals surface area contributed by atoms with Crippen LogP contribution in [-0.2, 0) is 0 Å². The Kier molecular flexibility index (Phi) is 3.98. The van der Waals surface area contributed by atoms with E-state index in [1.165, 1.54) is 0 Å². The number of pyridine rings is 1. The number of hydrogen-bond acceptors (Lipinski definition) is 4.